The van der Waals surface area contributed by atoms with Crippen LogP contribution in [0.5, 0.6) is 0 Å². The Kier molecular flexibility index (Phi) is 12.5. The molecular formula is C34H54O16. The van der Waals surface area contributed by atoms with E-state index in [1.165, 1.54) is 6.08 Å². The van der Waals surface area contributed by atoms with Crippen molar-refractivity contribution in [3.63, 3.8) is 0 Å². The molecule has 9 N–H and O–H groups in total. The predicted octanol–water partition coefficient (Wildman–Crippen LogP) is -2.26. The molecule has 286 valence electrons. The zero-order valence-corrected chi connectivity index (χ0v) is 28.0. The summed E-state index contributed by atoms with van der Waals surface area (Å²) in [7, 11) is 0. The lowest BCUT2D eigenvalue weighted by molar-refractivity contribution is -0.340. The molecule has 0 aromatic heterocycles. The summed E-state index contributed by atoms with van der Waals surface area (Å²) in [6, 6.07) is 0. The van der Waals surface area contributed by atoms with E-state index in [-0.39, 0.29) is 49.7 Å². The number of carbonyl (C=O) groups excluding carboxylic acids is 1. The fourth-order valence-corrected chi connectivity index (χ4v) is 8.41. The first-order valence-corrected chi connectivity index (χ1v) is 18.0. The highest BCUT2D eigenvalue weighted by atomic mass is 16.8. The number of ether oxygens (including phenoxy) is 6. The molecule has 16 unspecified atom stereocenters. The minimum atomic E-state index is -2.05. The van der Waals surface area contributed by atoms with Gasteiger partial charge in [-0.25, -0.2) is 4.79 Å². The first-order valence-electron chi connectivity index (χ1n) is 18.0. The Morgan fingerprint density at radius 1 is 0.760 bits per heavy atom. The van der Waals surface area contributed by atoms with Crippen molar-refractivity contribution in [2.45, 2.75) is 156 Å². The van der Waals surface area contributed by atoms with E-state index in [0.717, 1.165) is 12.8 Å². The molecule has 16 nitrogen and oxygen atoms in total. The highest BCUT2D eigenvalue weighted by Gasteiger charge is 2.55. The van der Waals surface area contributed by atoms with Gasteiger partial charge < -0.3 is 74.4 Å². The molecule has 16 atom stereocenters. The van der Waals surface area contributed by atoms with Crippen LogP contribution >= 0.6 is 0 Å². The van der Waals surface area contributed by atoms with Crippen LogP contribution in [0.2, 0.25) is 0 Å². The Balaban J connectivity index is 1.10. The second kappa shape index (κ2) is 16.3. The maximum Gasteiger partial charge on any atom is 0.330 e. The van der Waals surface area contributed by atoms with Crippen LogP contribution in [-0.2, 0) is 33.2 Å². The fraction of sp³-hybridized carbons (Fsp3) is 0.912. The SMILES string of the molecule is O=C(C=CC1CCC(O)CC1)OCC1(O)COC(OC2C(OC3CC4C(O)CC(O)CC4OC3C3CCC(O)C(O)C3)OCC(O)C2O)C1O. The topological polar surface area (TPSA) is 255 Å². The number of aliphatic hydroxyl groups excluding tert-OH is 8. The third-order valence-electron chi connectivity index (χ3n) is 11.5. The standard InChI is InChI=1S/C34H54O16/c35-18-5-1-16(2-6-18)3-8-27(41)46-14-34(44)15-47-33(31(34)43)50-30-28(42)24(40)13-45-32(30)49-26-12-20-22(38)10-19(36)11-25(20)48-29(26)17-4-7-21(37)23(39)9-17/h3,8,16-26,28-33,35-40,42-44H,1-2,4-7,9-15H2. The first kappa shape index (κ1) is 38.4. The zero-order valence-electron chi connectivity index (χ0n) is 28.0. The van der Waals surface area contributed by atoms with Gasteiger partial charge in [-0.3, -0.25) is 0 Å². The smallest absolute Gasteiger partial charge is 0.330 e. The van der Waals surface area contributed by atoms with E-state index in [1.54, 1.807) is 6.08 Å². The van der Waals surface area contributed by atoms with E-state index in [1.807, 2.05) is 0 Å². The van der Waals surface area contributed by atoms with E-state index in [4.69, 9.17) is 28.4 Å². The Labute approximate surface area is 290 Å². The molecule has 3 aliphatic carbocycles. The van der Waals surface area contributed by atoms with Gasteiger partial charge >= 0.3 is 5.97 Å². The number of hydrogen-bond donors (Lipinski definition) is 9. The van der Waals surface area contributed by atoms with Crippen LogP contribution in [0.25, 0.3) is 0 Å². The lowest BCUT2D eigenvalue weighted by Gasteiger charge is -2.51. The maximum atomic E-state index is 12.4. The van der Waals surface area contributed by atoms with Crippen molar-refractivity contribution >= 4 is 5.97 Å². The van der Waals surface area contributed by atoms with Gasteiger partial charge in [0.25, 0.3) is 0 Å². The summed E-state index contributed by atoms with van der Waals surface area (Å²) in [6.07, 6.45) is -7.05. The van der Waals surface area contributed by atoms with Crippen LogP contribution < -0.4 is 0 Å². The Morgan fingerprint density at radius 2 is 1.52 bits per heavy atom. The van der Waals surface area contributed by atoms with Crippen molar-refractivity contribution < 1.29 is 79.2 Å². The summed E-state index contributed by atoms with van der Waals surface area (Å²) in [6.45, 7) is -1.41. The maximum absolute atomic E-state index is 12.4. The van der Waals surface area contributed by atoms with E-state index < -0.39 is 105 Å². The minimum Gasteiger partial charge on any atom is -0.459 e. The molecule has 6 fully saturated rings. The van der Waals surface area contributed by atoms with Gasteiger partial charge in [0, 0.05) is 12.0 Å². The summed E-state index contributed by atoms with van der Waals surface area (Å²) in [5.74, 6) is -1.24. The van der Waals surface area contributed by atoms with E-state index in [2.05, 4.69) is 0 Å². The van der Waals surface area contributed by atoms with Crippen LogP contribution in [0.15, 0.2) is 12.2 Å². The number of fused-ring (bicyclic) bond motifs is 1. The first-order chi connectivity index (χ1) is 23.8. The highest BCUT2D eigenvalue weighted by Crippen LogP contribution is 2.43. The summed E-state index contributed by atoms with van der Waals surface area (Å²) in [5.41, 5.74) is -2.05. The summed E-state index contributed by atoms with van der Waals surface area (Å²) in [5, 5.41) is 95.1. The summed E-state index contributed by atoms with van der Waals surface area (Å²) < 4.78 is 35.4. The molecule has 0 radical (unpaired) electrons. The molecule has 6 aliphatic rings. The number of hydrogen-bond acceptors (Lipinski definition) is 16. The largest absolute Gasteiger partial charge is 0.459 e. The summed E-state index contributed by atoms with van der Waals surface area (Å²) >= 11 is 0. The Bertz CT molecular complexity index is 1150. The Hall–Kier alpha value is -1.35. The van der Waals surface area contributed by atoms with Gasteiger partial charge in [0.1, 0.15) is 31.0 Å². The van der Waals surface area contributed by atoms with Gasteiger partial charge in [-0.2, -0.15) is 0 Å². The van der Waals surface area contributed by atoms with E-state index >= 15 is 0 Å². The fourth-order valence-electron chi connectivity index (χ4n) is 8.41. The van der Waals surface area contributed by atoms with E-state index in [0.29, 0.717) is 32.1 Å². The lowest BCUT2D eigenvalue weighted by atomic mass is 9.72. The van der Waals surface area contributed by atoms with Gasteiger partial charge in [-0.05, 0) is 76.0 Å². The van der Waals surface area contributed by atoms with Crippen LogP contribution in [0.1, 0.15) is 64.2 Å². The van der Waals surface area contributed by atoms with Crippen LogP contribution in [0.3, 0.4) is 0 Å². The van der Waals surface area contributed by atoms with Crippen LogP contribution in [0, 0.1) is 17.8 Å². The quantitative estimate of drug-likeness (QED) is 0.0901. The number of rotatable bonds is 9. The molecule has 3 heterocycles. The third-order valence-corrected chi connectivity index (χ3v) is 11.5. The lowest BCUT2D eigenvalue weighted by Crippen LogP contribution is -2.61. The van der Waals surface area contributed by atoms with Gasteiger partial charge in [0.2, 0.25) is 0 Å². The molecule has 0 spiro atoms. The predicted molar refractivity (Wildman–Crippen MR) is 168 cm³/mol. The zero-order chi connectivity index (χ0) is 35.7. The van der Waals surface area contributed by atoms with Gasteiger partial charge in [0.05, 0.1) is 62.0 Å². The molecule has 0 bridgehead atoms. The van der Waals surface area contributed by atoms with Crippen LogP contribution in [-0.4, -0.2) is 163 Å². The second-order valence-corrected chi connectivity index (χ2v) is 15.2. The molecular weight excluding hydrogens is 664 g/mol. The molecule has 3 saturated heterocycles. The molecule has 3 saturated carbocycles. The highest BCUT2D eigenvalue weighted by molar-refractivity contribution is 5.82. The third kappa shape index (κ3) is 8.71. The molecule has 0 aromatic carbocycles. The second-order valence-electron chi connectivity index (χ2n) is 15.2. The molecule has 0 aromatic rings. The average Bonchev–Trinajstić information content (AvgIpc) is 3.36. The van der Waals surface area contributed by atoms with E-state index in [9.17, 15) is 50.8 Å². The average molecular weight is 719 g/mol. The molecule has 16 heteroatoms. The van der Waals surface area contributed by atoms with Crippen molar-refractivity contribution in [2.75, 3.05) is 19.8 Å². The van der Waals surface area contributed by atoms with Crippen molar-refractivity contribution in [1.29, 1.82) is 0 Å². The number of allylic oxidation sites excluding steroid dienone is 1. The van der Waals surface area contributed by atoms with Crippen molar-refractivity contribution in [3.8, 4) is 0 Å². The summed E-state index contributed by atoms with van der Waals surface area (Å²) in [4.78, 5) is 12.4. The monoisotopic (exact) mass is 718 g/mol. The number of aliphatic hydroxyl groups is 9. The normalized spacial score (nSPS) is 50.2. The molecule has 6 rings (SSSR count). The Morgan fingerprint density at radius 3 is 2.26 bits per heavy atom. The van der Waals surface area contributed by atoms with Gasteiger partial charge in [-0.15, -0.1) is 0 Å². The van der Waals surface area contributed by atoms with Crippen molar-refractivity contribution in [3.05, 3.63) is 12.2 Å². The van der Waals surface area contributed by atoms with Crippen LogP contribution in [0.4, 0.5) is 0 Å². The van der Waals surface area contributed by atoms with Gasteiger partial charge in [0.15, 0.2) is 18.2 Å². The molecule has 50 heavy (non-hydrogen) atoms. The van der Waals surface area contributed by atoms with Crippen molar-refractivity contribution in [1.82, 2.24) is 0 Å². The molecule has 3 aliphatic heterocycles. The van der Waals surface area contributed by atoms with Gasteiger partial charge in [-0.1, -0.05) is 6.08 Å². The number of esters is 1. The molecule has 0 amide bonds. The van der Waals surface area contributed by atoms with Crippen molar-refractivity contribution in [2.24, 2.45) is 17.8 Å². The minimum absolute atomic E-state index is 0.126. The number of carbonyl (C=O) groups is 1.